The van der Waals surface area contributed by atoms with Crippen LogP contribution in [0.3, 0.4) is 0 Å². The first kappa shape index (κ1) is 30.1. The summed E-state index contributed by atoms with van der Waals surface area (Å²) >= 11 is 0. The van der Waals surface area contributed by atoms with Crippen LogP contribution in [0.5, 0.6) is 0 Å². The second kappa shape index (κ2) is 13.7. The minimum Gasteiger partial charge on any atom is -0.457 e. The van der Waals surface area contributed by atoms with Crippen LogP contribution in [-0.4, -0.2) is 23.3 Å². The molecule has 0 radical (unpaired) electrons. The van der Waals surface area contributed by atoms with Crippen LogP contribution in [-0.2, 0) is 25.5 Å². The van der Waals surface area contributed by atoms with E-state index in [0.717, 1.165) is 24.0 Å². The number of rotatable bonds is 12. The van der Waals surface area contributed by atoms with Crippen LogP contribution in [0.1, 0.15) is 92.4 Å². The minimum absolute atomic E-state index is 0.101. The van der Waals surface area contributed by atoms with Crippen LogP contribution in [0.25, 0.3) is 0 Å². The molecule has 0 heterocycles. The van der Waals surface area contributed by atoms with Gasteiger partial charge in [0.2, 0.25) is 11.6 Å². The quantitative estimate of drug-likeness (QED) is 0.132. The Morgan fingerprint density at radius 1 is 0.805 bits per heavy atom. The van der Waals surface area contributed by atoms with E-state index in [-0.39, 0.29) is 5.78 Å². The van der Waals surface area contributed by atoms with Gasteiger partial charge in [-0.15, -0.1) is 0 Å². The van der Waals surface area contributed by atoms with Gasteiger partial charge in [-0.1, -0.05) is 112 Å². The van der Waals surface area contributed by atoms with Crippen LogP contribution in [0.15, 0.2) is 84.9 Å². The van der Waals surface area contributed by atoms with Gasteiger partial charge >= 0.3 is 5.97 Å². The SMILES string of the molecule is CCC(C)(C)C(=O)C(=O)C1CCCC[C@H]1C(=O)O[C@H](CCc1ccccc1)c1cccc(C(=O)c2ccccc2)c1. The van der Waals surface area contributed by atoms with Gasteiger partial charge in [-0.25, -0.2) is 0 Å². The third-order valence-electron chi connectivity index (χ3n) is 8.48. The maximum absolute atomic E-state index is 13.7. The lowest BCUT2D eigenvalue weighted by molar-refractivity contribution is -0.161. The van der Waals surface area contributed by atoms with Crippen molar-refractivity contribution in [2.45, 2.75) is 71.8 Å². The van der Waals surface area contributed by atoms with Crippen molar-refractivity contribution in [3.63, 3.8) is 0 Å². The van der Waals surface area contributed by atoms with Crippen molar-refractivity contribution in [2.24, 2.45) is 17.3 Å². The fourth-order valence-electron chi connectivity index (χ4n) is 5.49. The fraction of sp³-hybridized carbons (Fsp3) is 0.389. The van der Waals surface area contributed by atoms with E-state index in [1.54, 1.807) is 38.1 Å². The Labute approximate surface area is 243 Å². The summed E-state index contributed by atoms with van der Waals surface area (Å²) in [5.41, 5.74) is 2.20. The van der Waals surface area contributed by atoms with Gasteiger partial charge in [-0.3, -0.25) is 19.2 Å². The number of Topliss-reactive ketones (excluding diaryl/α,β-unsaturated/α-hetero) is 2. The summed E-state index contributed by atoms with van der Waals surface area (Å²) in [7, 11) is 0. The summed E-state index contributed by atoms with van der Waals surface area (Å²) in [5, 5.41) is 0. The number of benzene rings is 3. The summed E-state index contributed by atoms with van der Waals surface area (Å²) in [6.07, 6.45) is 3.79. The standard InChI is InChI=1S/C36H40O5/c1-4-36(2,3)34(39)33(38)29-20-11-12-21-30(29)35(40)41-31(23-22-25-14-7-5-8-15-25)27-18-13-19-28(24-27)32(37)26-16-9-6-10-17-26/h5-10,13-19,24,29-31H,4,11-12,20-23H2,1-3H3/t29?,30-,31-/m1/s1. The highest BCUT2D eigenvalue weighted by molar-refractivity contribution is 6.40. The maximum Gasteiger partial charge on any atom is 0.310 e. The number of carbonyl (C=O) groups excluding carboxylic acids is 4. The third kappa shape index (κ3) is 7.46. The lowest BCUT2D eigenvalue weighted by Gasteiger charge is -2.32. The molecule has 1 fully saturated rings. The Morgan fingerprint density at radius 2 is 1.41 bits per heavy atom. The fourth-order valence-corrected chi connectivity index (χ4v) is 5.49. The molecule has 0 N–H and O–H groups in total. The second-order valence-corrected chi connectivity index (χ2v) is 11.7. The van der Waals surface area contributed by atoms with Gasteiger partial charge in [0, 0.05) is 22.5 Å². The molecule has 1 aliphatic carbocycles. The Hall–Kier alpha value is -3.86. The van der Waals surface area contributed by atoms with E-state index in [1.165, 1.54) is 0 Å². The van der Waals surface area contributed by atoms with Crippen LogP contribution in [0.4, 0.5) is 0 Å². The highest BCUT2D eigenvalue weighted by Gasteiger charge is 2.43. The molecule has 0 aromatic heterocycles. The Balaban J connectivity index is 1.59. The lowest BCUT2D eigenvalue weighted by Crippen LogP contribution is -2.42. The highest BCUT2D eigenvalue weighted by atomic mass is 16.5. The summed E-state index contributed by atoms with van der Waals surface area (Å²) in [4.78, 5) is 53.3. The predicted octanol–water partition coefficient (Wildman–Crippen LogP) is 7.52. The van der Waals surface area contributed by atoms with Gasteiger partial charge in [0.25, 0.3) is 0 Å². The molecule has 4 rings (SSSR count). The molecule has 0 spiro atoms. The minimum atomic E-state index is -0.757. The van der Waals surface area contributed by atoms with Gasteiger partial charge in [0.05, 0.1) is 5.92 Å². The van der Waals surface area contributed by atoms with Gasteiger partial charge in [0.1, 0.15) is 6.10 Å². The molecule has 1 unspecified atom stereocenters. The highest BCUT2D eigenvalue weighted by Crippen LogP contribution is 2.36. The summed E-state index contributed by atoms with van der Waals surface area (Å²) < 4.78 is 6.20. The first-order valence-corrected chi connectivity index (χ1v) is 14.7. The molecule has 0 bridgehead atoms. The number of aryl methyl sites for hydroxylation is 1. The van der Waals surface area contributed by atoms with Crippen LogP contribution < -0.4 is 0 Å². The van der Waals surface area contributed by atoms with Gasteiger partial charge in [-0.2, -0.15) is 0 Å². The van der Waals surface area contributed by atoms with Gasteiger partial charge in [-0.05, 0) is 49.3 Å². The van der Waals surface area contributed by atoms with Crippen LogP contribution in [0.2, 0.25) is 0 Å². The van der Waals surface area contributed by atoms with Crippen molar-refractivity contribution in [3.05, 3.63) is 107 Å². The average Bonchev–Trinajstić information content (AvgIpc) is 3.02. The maximum atomic E-state index is 13.7. The first-order valence-electron chi connectivity index (χ1n) is 14.7. The van der Waals surface area contributed by atoms with Crippen molar-refractivity contribution >= 4 is 23.3 Å². The summed E-state index contributed by atoms with van der Waals surface area (Å²) in [6.45, 7) is 5.46. The van der Waals surface area contributed by atoms with Crippen molar-refractivity contribution in [1.82, 2.24) is 0 Å². The smallest absolute Gasteiger partial charge is 0.310 e. The molecule has 5 nitrogen and oxygen atoms in total. The monoisotopic (exact) mass is 552 g/mol. The zero-order valence-electron chi connectivity index (χ0n) is 24.3. The van der Waals surface area contributed by atoms with E-state index in [1.807, 2.05) is 67.6 Å². The molecule has 3 atom stereocenters. The topological polar surface area (TPSA) is 77.5 Å². The number of ether oxygens (including phenoxy) is 1. The zero-order chi connectivity index (χ0) is 29.4. The number of hydrogen-bond acceptors (Lipinski definition) is 5. The number of carbonyl (C=O) groups is 4. The van der Waals surface area contributed by atoms with E-state index in [2.05, 4.69) is 0 Å². The van der Waals surface area contributed by atoms with E-state index >= 15 is 0 Å². The predicted molar refractivity (Wildman–Crippen MR) is 159 cm³/mol. The Kier molecular flexibility index (Phi) is 10.0. The summed E-state index contributed by atoms with van der Waals surface area (Å²) in [6, 6.07) is 26.3. The molecule has 0 saturated heterocycles. The number of esters is 1. The summed E-state index contributed by atoms with van der Waals surface area (Å²) in [5.74, 6) is -2.71. The Bertz CT molecular complexity index is 1360. The van der Waals surface area contributed by atoms with E-state index < -0.39 is 40.9 Å². The molecular weight excluding hydrogens is 512 g/mol. The van der Waals surface area contributed by atoms with Gasteiger partial charge < -0.3 is 4.74 Å². The molecule has 3 aromatic rings. The normalized spacial score (nSPS) is 17.8. The molecule has 1 aliphatic rings. The average molecular weight is 553 g/mol. The Morgan fingerprint density at radius 3 is 2.07 bits per heavy atom. The van der Waals surface area contributed by atoms with E-state index in [4.69, 9.17) is 4.74 Å². The van der Waals surface area contributed by atoms with Crippen LogP contribution >= 0.6 is 0 Å². The zero-order valence-corrected chi connectivity index (χ0v) is 24.3. The van der Waals surface area contributed by atoms with Crippen molar-refractivity contribution in [1.29, 1.82) is 0 Å². The number of hydrogen-bond donors (Lipinski definition) is 0. The lowest BCUT2D eigenvalue weighted by atomic mass is 9.72. The molecule has 3 aromatic carbocycles. The van der Waals surface area contributed by atoms with E-state index in [0.29, 0.717) is 43.2 Å². The van der Waals surface area contributed by atoms with Crippen molar-refractivity contribution < 1.29 is 23.9 Å². The molecular formula is C36H40O5. The molecule has 5 heteroatoms. The first-order chi connectivity index (χ1) is 19.7. The molecule has 0 amide bonds. The van der Waals surface area contributed by atoms with Crippen molar-refractivity contribution in [2.75, 3.05) is 0 Å². The van der Waals surface area contributed by atoms with Crippen molar-refractivity contribution in [3.8, 4) is 0 Å². The second-order valence-electron chi connectivity index (χ2n) is 11.7. The molecule has 41 heavy (non-hydrogen) atoms. The molecule has 214 valence electrons. The van der Waals surface area contributed by atoms with Gasteiger partial charge in [0.15, 0.2) is 5.78 Å². The molecule has 1 saturated carbocycles. The third-order valence-corrected chi connectivity index (χ3v) is 8.48. The van der Waals surface area contributed by atoms with E-state index in [9.17, 15) is 19.2 Å². The van der Waals surface area contributed by atoms with Crippen LogP contribution in [0, 0.1) is 17.3 Å². The number of ketones is 3. The molecule has 0 aliphatic heterocycles. The largest absolute Gasteiger partial charge is 0.457 e.